The molecule has 10 heteroatoms. The summed E-state index contributed by atoms with van der Waals surface area (Å²) in [6, 6.07) is 31.7. The van der Waals surface area contributed by atoms with Crippen LogP contribution in [-0.4, -0.2) is 48.3 Å². The molecule has 0 radical (unpaired) electrons. The van der Waals surface area contributed by atoms with Crippen molar-refractivity contribution < 1.29 is 18.0 Å². The Morgan fingerprint density at radius 1 is 0.744 bits per heavy atom. The predicted molar refractivity (Wildman–Crippen MR) is 171 cm³/mol. The van der Waals surface area contributed by atoms with Crippen molar-refractivity contribution in [3.05, 3.63) is 141 Å². The van der Waals surface area contributed by atoms with Gasteiger partial charge in [0.05, 0.1) is 12.8 Å². The molecule has 0 saturated heterocycles. The summed E-state index contributed by atoms with van der Waals surface area (Å²) in [5, 5.41) is 3.99. The maximum atomic E-state index is 14.1. The van der Waals surface area contributed by atoms with Crippen LogP contribution in [0.25, 0.3) is 0 Å². The zero-order chi connectivity index (χ0) is 30.8. The van der Waals surface area contributed by atoms with Crippen molar-refractivity contribution in [2.45, 2.75) is 32.1 Å². The van der Waals surface area contributed by atoms with Gasteiger partial charge in [-0.1, -0.05) is 114 Å². The molecular weight excluding hydrogens is 605 g/mol. The van der Waals surface area contributed by atoms with E-state index in [4.69, 9.17) is 23.2 Å². The summed E-state index contributed by atoms with van der Waals surface area (Å²) in [6.45, 7) is -0.196. The fraction of sp³-hybridized carbons (Fsp3) is 0.212. The molecule has 0 saturated carbocycles. The number of nitrogens with one attached hydrogen (secondary N) is 1. The summed E-state index contributed by atoms with van der Waals surface area (Å²) in [4.78, 5) is 29.5. The third-order valence-electron chi connectivity index (χ3n) is 6.93. The lowest BCUT2D eigenvalue weighted by Crippen LogP contribution is -2.53. The molecule has 0 aromatic heterocycles. The second kappa shape index (κ2) is 15.2. The third kappa shape index (κ3) is 9.66. The number of benzene rings is 4. The van der Waals surface area contributed by atoms with Crippen LogP contribution in [0.1, 0.15) is 22.3 Å². The molecule has 4 rings (SSSR count). The molecule has 1 atom stereocenters. The second-order valence-corrected chi connectivity index (χ2v) is 13.0. The zero-order valence-corrected chi connectivity index (χ0v) is 26.0. The average molecular weight is 639 g/mol. The van der Waals surface area contributed by atoms with E-state index in [-0.39, 0.29) is 32.0 Å². The standard InChI is InChI=1S/C33H33Cl2N3O4S/c1-43(41,42)37(22-26-12-6-3-7-13-26)24-32(39)38(23-27-16-18-29(34)19-17-27)31(20-25-10-4-2-5-11-25)33(40)36-21-28-14-8-9-15-30(28)35/h2-19,31H,20-24H2,1H3,(H,36,40). The first-order valence-electron chi connectivity index (χ1n) is 13.7. The van der Waals surface area contributed by atoms with Gasteiger partial charge in [-0.2, -0.15) is 4.31 Å². The van der Waals surface area contributed by atoms with Crippen molar-refractivity contribution in [1.82, 2.24) is 14.5 Å². The number of halogens is 2. The first-order chi connectivity index (χ1) is 20.6. The van der Waals surface area contributed by atoms with Gasteiger partial charge in [-0.25, -0.2) is 8.42 Å². The van der Waals surface area contributed by atoms with Crippen molar-refractivity contribution >= 4 is 45.0 Å². The third-order valence-corrected chi connectivity index (χ3v) is 8.75. The van der Waals surface area contributed by atoms with Crippen molar-refractivity contribution in [1.29, 1.82) is 0 Å². The van der Waals surface area contributed by atoms with Crippen LogP contribution < -0.4 is 5.32 Å². The number of rotatable bonds is 13. The maximum absolute atomic E-state index is 14.1. The molecule has 0 spiro atoms. The number of carbonyl (C=O) groups is 2. The number of nitrogens with zero attached hydrogens (tertiary/aromatic N) is 2. The Kier molecular flexibility index (Phi) is 11.4. The minimum Gasteiger partial charge on any atom is -0.350 e. The number of hydrogen-bond donors (Lipinski definition) is 1. The molecule has 0 fully saturated rings. The zero-order valence-electron chi connectivity index (χ0n) is 23.7. The molecule has 4 aromatic carbocycles. The van der Waals surface area contributed by atoms with Crippen molar-refractivity contribution in [2.24, 2.45) is 0 Å². The highest BCUT2D eigenvalue weighted by molar-refractivity contribution is 7.88. The number of sulfonamides is 1. The lowest BCUT2D eigenvalue weighted by molar-refractivity contribution is -0.141. The average Bonchev–Trinajstić information content (AvgIpc) is 2.99. The van der Waals surface area contributed by atoms with E-state index in [9.17, 15) is 18.0 Å². The Morgan fingerprint density at radius 3 is 1.91 bits per heavy atom. The quantitative estimate of drug-likeness (QED) is 0.203. The minimum atomic E-state index is -3.77. The lowest BCUT2D eigenvalue weighted by atomic mass is 10.0. The van der Waals surface area contributed by atoms with Gasteiger partial charge >= 0.3 is 0 Å². The van der Waals surface area contributed by atoms with Crippen LogP contribution in [0.3, 0.4) is 0 Å². The van der Waals surface area contributed by atoms with Crippen LogP contribution >= 0.6 is 23.2 Å². The highest BCUT2D eigenvalue weighted by atomic mass is 35.5. The Bertz CT molecular complexity index is 1620. The molecule has 7 nitrogen and oxygen atoms in total. The number of hydrogen-bond acceptors (Lipinski definition) is 4. The molecule has 1 N–H and O–H groups in total. The van der Waals surface area contributed by atoms with Gasteiger partial charge in [0.2, 0.25) is 21.8 Å². The van der Waals surface area contributed by atoms with Crippen molar-refractivity contribution in [3.8, 4) is 0 Å². The molecule has 0 bridgehead atoms. The van der Waals surface area contributed by atoms with E-state index in [1.54, 1.807) is 48.5 Å². The van der Waals surface area contributed by atoms with Crippen LogP contribution in [0.4, 0.5) is 0 Å². The van der Waals surface area contributed by atoms with Gasteiger partial charge in [0, 0.05) is 36.1 Å². The summed E-state index contributed by atoms with van der Waals surface area (Å²) in [6.07, 6.45) is 1.29. The van der Waals surface area contributed by atoms with Crippen LogP contribution in [0.5, 0.6) is 0 Å². The van der Waals surface area contributed by atoms with Gasteiger partial charge in [-0.15, -0.1) is 0 Å². The summed E-state index contributed by atoms with van der Waals surface area (Å²) >= 11 is 12.4. The van der Waals surface area contributed by atoms with Crippen LogP contribution in [-0.2, 0) is 45.7 Å². The molecule has 1 unspecified atom stereocenters. The molecule has 4 aromatic rings. The van der Waals surface area contributed by atoms with Crippen molar-refractivity contribution in [3.63, 3.8) is 0 Å². The SMILES string of the molecule is CS(=O)(=O)N(CC(=O)N(Cc1ccc(Cl)cc1)C(Cc1ccccc1)C(=O)NCc1ccccc1Cl)Cc1ccccc1. The topological polar surface area (TPSA) is 86.8 Å². The summed E-state index contributed by atoms with van der Waals surface area (Å²) in [5.41, 5.74) is 3.06. The van der Waals surface area contributed by atoms with E-state index >= 15 is 0 Å². The Balaban J connectivity index is 1.68. The molecule has 0 aliphatic rings. The molecule has 0 aliphatic carbocycles. The highest BCUT2D eigenvalue weighted by Gasteiger charge is 2.33. The largest absolute Gasteiger partial charge is 0.350 e. The fourth-order valence-electron chi connectivity index (χ4n) is 4.60. The minimum absolute atomic E-state index is 0.0161. The smallest absolute Gasteiger partial charge is 0.243 e. The molecule has 0 heterocycles. The first kappa shape index (κ1) is 32.2. The Hall–Kier alpha value is -3.69. The van der Waals surface area contributed by atoms with Gasteiger partial charge in [0.25, 0.3) is 0 Å². The van der Waals surface area contributed by atoms with Crippen LogP contribution in [0, 0.1) is 0 Å². The van der Waals surface area contributed by atoms with E-state index in [0.717, 1.165) is 32.8 Å². The van der Waals surface area contributed by atoms with Gasteiger partial charge in [-0.3, -0.25) is 9.59 Å². The van der Waals surface area contributed by atoms with E-state index in [1.165, 1.54) is 4.90 Å². The van der Waals surface area contributed by atoms with Gasteiger partial charge in [0.15, 0.2) is 0 Å². The highest BCUT2D eigenvalue weighted by Crippen LogP contribution is 2.19. The second-order valence-electron chi connectivity index (χ2n) is 10.2. The van der Waals surface area contributed by atoms with Gasteiger partial charge < -0.3 is 10.2 Å². The summed E-state index contributed by atoms with van der Waals surface area (Å²) in [5.74, 6) is -0.898. The molecule has 0 aliphatic heterocycles. The molecule has 43 heavy (non-hydrogen) atoms. The Morgan fingerprint density at radius 2 is 1.30 bits per heavy atom. The van der Waals surface area contributed by atoms with E-state index in [0.29, 0.717) is 10.0 Å². The normalized spacial score (nSPS) is 12.1. The summed E-state index contributed by atoms with van der Waals surface area (Å²) in [7, 11) is -3.77. The first-order valence-corrected chi connectivity index (χ1v) is 16.3. The fourth-order valence-corrected chi connectivity index (χ4v) is 5.66. The van der Waals surface area contributed by atoms with E-state index < -0.39 is 28.5 Å². The van der Waals surface area contributed by atoms with Gasteiger partial charge in [-0.05, 0) is 40.5 Å². The Labute approximate surface area is 263 Å². The van der Waals surface area contributed by atoms with Crippen LogP contribution in [0.15, 0.2) is 109 Å². The van der Waals surface area contributed by atoms with Crippen LogP contribution in [0.2, 0.25) is 10.0 Å². The maximum Gasteiger partial charge on any atom is 0.243 e. The van der Waals surface area contributed by atoms with E-state index in [1.807, 2.05) is 60.7 Å². The van der Waals surface area contributed by atoms with E-state index in [2.05, 4.69) is 5.32 Å². The molecular formula is C33H33Cl2N3O4S. The number of carbonyl (C=O) groups excluding carboxylic acids is 2. The predicted octanol–water partition coefficient (Wildman–Crippen LogP) is 5.71. The summed E-state index contributed by atoms with van der Waals surface area (Å²) < 4.78 is 26.8. The number of amides is 2. The monoisotopic (exact) mass is 637 g/mol. The molecule has 224 valence electrons. The van der Waals surface area contributed by atoms with Crippen molar-refractivity contribution in [2.75, 3.05) is 12.8 Å². The van der Waals surface area contributed by atoms with Gasteiger partial charge in [0.1, 0.15) is 6.04 Å². The lowest BCUT2D eigenvalue weighted by Gasteiger charge is -2.33. The molecule has 2 amide bonds.